The molecule has 1 atom stereocenters. The molecule has 0 amide bonds. The number of esters is 1. The van der Waals surface area contributed by atoms with Gasteiger partial charge in [-0.25, -0.2) is 0 Å². The minimum absolute atomic E-state index is 0.237. The summed E-state index contributed by atoms with van der Waals surface area (Å²) >= 11 is 7.36. The molecule has 3 nitrogen and oxygen atoms in total. The first kappa shape index (κ1) is 12.5. The summed E-state index contributed by atoms with van der Waals surface area (Å²) < 4.78 is 5.40. The van der Waals surface area contributed by atoms with Gasteiger partial charge in [0.25, 0.3) is 0 Å². The Morgan fingerprint density at radius 1 is 1.67 bits per heavy atom. The molecule has 0 bridgehead atoms. The predicted molar refractivity (Wildman–Crippen MR) is 62.5 cm³/mol. The van der Waals surface area contributed by atoms with Crippen molar-refractivity contribution in [2.75, 3.05) is 13.7 Å². The molecule has 1 heterocycles. The lowest BCUT2D eigenvalue weighted by molar-refractivity contribution is -0.142. The molecule has 0 fully saturated rings. The Morgan fingerprint density at radius 3 is 2.93 bits per heavy atom. The molecule has 0 aliphatic carbocycles. The molecule has 1 rings (SSSR count). The fraction of sp³-hybridized carbons (Fsp3) is 0.500. The number of hydrogen-bond acceptors (Lipinski definition) is 4. The van der Waals surface area contributed by atoms with Crippen molar-refractivity contribution in [1.82, 2.24) is 5.32 Å². The van der Waals surface area contributed by atoms with Gasteiger partial charge in [0.05, 0.1) is 11.4 Å². The summed E-state index contributed by atoms with van der Waals surface area (Å²) in [5.74, 6) is -0.237. The zero-order chi connectivity index (χ0) is 11.3. The van der Waals surface area contributed by atoms with Crippen LogP contribution >= 0.6 is 22.9 Å². The predicted octanol–water partition coefficient (Wildman–Crippen LogP) is 2.10. The average molecular weight is 248 g/mol. The highest BCUT2D eigenvalue weighted by atomic mass is 35.5. The van der Waals surface area contributed by atoms with Crippen LogP contribution in [0.5, 0.6) is 0 Å². The third-order valence-corrected chi connectivity index (χ3v) is 3.30. The number of thiophene rings is 1. The molecule has 0 saturated carbocycles. The molecule has 0 aliphatic heterocycles. The minimum Gasteiger partial charge on any atom is -0.468 e. The van der Waals surface area contributed by atoms with Crippen LogP contribution in [0.4, 0.5) is 0 Å². The summed E-state index contributed by atoms with van der Waals surface area (Å²) in [4.78, 5) is 12.3. The van der Waals surface area contributed by atoms with Crippen LogP contribution < -0.4 is 5.32 Å². The molecule has 0 saturated heterocycles. The van der Waals surface area contributed by atoms with Gasteiger partial charge in [-0.05, 0) is 25.5 Å². The second-order valence-electron chi connectivity index (χ2n) is 3.15. The van der Waals surface area contributed by atoms with Gasteiger partial charge in [0.2, 0.25) is 0 Å². The fourth-order valence-corrected chi connectivity index (χ4v) is 2.25. The Balaban J connectivity index is 2.24. The van der Waals surface area contributed by atoms with Gasteiger partial charge >= 0.3 is 5.97 Å². The van der Waals surface area contributed by atoms with Crippen LogP contribution in [0.1, 0.15) is 11.8 Å². The van der Waals surface area contributed by atoms with Crippen molar-refractivity contribution in [2.45, 2.75) is 19.4 Å². The number of methoxy groups -OCH3 is 1. The lowest BCUT2D eigenvalue weighted by Gasteiger charge is -2.10. The fourth-order valence-electron chi connectivity index (χ4n) is 1.16. The first-order valence-corrected chi connectivity index (χ1v) is 5.88. The monoisotopic (exact) mass is 247 g/mol. The Labute approximate surface area is 98.4 Å². The van der Waals surface area contributed by atoms with Gasteiger partial charge in [-0.15, -0.1) is 11.3 Å². The number of carbonyl (C=O) groups excluding carboxylic acids is 1. The highest BCUT2D eigenvalue weighted by molar-refractivity contribution is 7.16. The van der Waals surface area contributed by atoms with Crippen LogP contribution in [0.2, 0.25) is 4.34 Å². The van der Waals surface area contributed by atoms with Crippen LogP contribution in [0, 0.1) is 0 Å². The van der Waals surface area contributed by atoms with Crippen molar-refractivity contribution in [1.29, 1.82) is 0 Å². The number of halogens is 1. The summed E-state index contributed by atoms with van der Waals surface area (Å²) in [6.07, 6.45) is 0.874. The molecule has 0 aromatic carbocycles. The summed E-state index contributed by atoms with van der Waals surface area (Å²) in [5.41, 5.74) is 0. The first-order chi connectivity index (χ1) is 7.13. The van der Waals surface area contributed by atoms with E-state index >= 15 is 0 Å². The van der Waals surface area contributed by atoms with E-state index in [1.807, 2.05) is 12.1 Å². The molecule has 1 aromatic heterocycles. The van der Waals surface area contributed by atoms with Crippen molar-refractivity contribution < 1.29 is 9.53 Å². The molecular weight excluding hydrogens is 234 g/mol. The van der Waals surface area contributed by atoms with E-state index in [1.54, 1.807) is 18.3 Å². The SMILES string of the molecule is COC(=O)C(C)NCCc1ccc(Cl)s1. The number of nitrogens with one attached hydrogen (secondary N) is 1. The molecule has 0 radical (unpaired) electrons. The van der Waals surface area contributed by atoms with E-state index in [0.29, 0.717) is 0 Å². The quantitative estimate of drug-likeness (QED) is 0.810. The molecular formula is C10H14ClNO2S. The highest BCUT2D eigenvalue weighted by Gasteiger charge is 2.11. The van der Waals surface area contributed by atoms with Gasteiger partial charge in [-0.2, -0.15) is 0 Å². The maximum Gasteiger partial charge on any atom is 0.322 e. The Kier molecular flexibility index (Phi) is 5.08. The van der Waals surface area contributed by atoms with E-state index in [-0.39, 0.29) is 12.0 Å². The maximum absolute atomic E-state index is 11.1. The maximum atomic E-state index is 11.1. The molecule has 15 heavy (non-hydrogen) atoms. The van der Waals surface area contributed by atoms with E-state index in [2.05, 4.69) is 10.1 Å². The standard InChI is InChI=1S/C10H14ClNO2S/c1-7(10(13)14-2)12-6-5-8-3-4-9(11)15-8/h3-4,7,12H,5-6H2,1-2H3. The Morgan fingerprint density at radius 2 is 2.40 bits per heavy atom. The van der Waals surface area contributed by atoms with Crippen molar-refractivity contribution >= 4 is 28.9 Å². The van der Waals surface area contributed by atoms with Crippen molar-refractivity contribution in [2.24, 2.45) is 0 Å². The summed E-state index contributed by atoms with van der Waals surface area (Å²) in [6.45, 7) is 2.53. The van der Waals surface area contributed by atoms with E-state index in [9.17, 15) is 4.79 Å². The van der Waals surface area contributed by atoms with Gasteiger partial charge in [-0.3, -0.25) is 4.79 Å². The van der Waals surface area contributed by atoms with E-state index in [1.165, 1.54) is 12.0 Å². The molecule has 1 aromatic rings. The minimum atomic E-state index is -0.259. The van der Waals surface area contributed by atoms with Gasteiger partial charge in [-0.1, -0.05) is 11.6 Å². The van der Waals surface area contributed by atoms with Crippen LogP contribution in [0.15, 0.2) is 12.1 Å². The van der Waals surface area contributed by atoms with Gasteiger partial charge in [0.15, 0.2) is 0 Å². The van der Waals surface area contributed by atoms with Crippen molar-refractivity contribution in [3.8, 4) is 0 Å². The second kappa shape index (κ2) is 6.10. The lowest BCUT2D eigenvalue weighted by atomic mass is 10.3. The highest BCUT2D eigenvalue weighted by Crippen LogP contribution is 2.21. The van der Waals surface area contributed by atoms with Crippen molar-refractivity contribution in [3.63, 3.8) is 0 Å². The smallest absolute Gasteiger partial charge is 0.322 e. The van der Waals surface area contributed by atoms with Crippen LogP contribution in [-0.4, -0.2) is 25.7 Å². The third-order valence-electron chi connectivity index (χ3n) is 2.01. The first-order valence-electron chi connectivity index (χ1n) is 4.69. The van der Waals surface area contributed by atoms with Crippen LogP contribution in [0.25, 0.3) is 0 Å². The largest absolute Gasteiger partial charge is 0.468 e. The number of rotatable bonds is 5. The number of hydrogen-bond donors (Lipinski definition) is 1. The van der Waals surface area contributed by atoms with Gasteiger partial charge in [0, 0.05) is 11.4 Å². The Hall–Kier alpha value is -0.580. The normalized spacial score (nSPS) is 12.5. The van der Waals surface area contributed by atoms with Gasteiger partial charge < -0.3 is 10.1 Å². The molecule has 0 spiro atoms. The Bertz CT molecular complexity index is 327. The second-order valence-corrected chi connectivity index (χ2v) is 4.95. The third kappa shape index (κ3) is 4.20. The van der Waals surface area contributed by atoms with E-state index < -0.39 is 0 Å². The van der Waals surface area contributed by atoms with Crippen LogP contribution in [-0.2, 0) is 16.0 Å². The molecule has 5 heteroatoms. The van der Waals surface area contributed by atoms with Crippen LogP contribution in [0.3, 0.4) is 0 Å². The zero-order valence-corrected chi connectivity index (χ0v) is 10.3. The summed E-state index contributed by atoms with van der Waals surface area (Å²) in [7, 11) is 1.39. The van der Waals surface area contributed by atoms with E-state index in [0.717, 1.165) is 17.3 Å². The molecule has 84 valence electrons. The molecule has 1 unspecified atom stereocenters. The topological polar surface area (TPSA) is 38.3 Å². The average Bonchev–Trinajstić information content (AvgIpc) is 2.63. The van der Waals surface area contributed by atoms with Crippen molar-refractivity contribution in [3.05, 3.63) is 21.3 Å². The molecule has 0 aliphatic rings. The lowest BCUT2D eigenvalue weighted by Crippen LogP contribution is -2.35. The number of ether oxygens (including phenoxy) is 1. The zero-order valence-electron chi connectivity index (χ0n) is 8.75. The summed E-state index contributed by atoms with van der Waals surface area (Å²) in [6, 6.07) is 3.62. The van der Waals surface area contributed by atoms with E-state index in [4.69, 9.17) is 11.6 Å². The number of carbonyl (C=O) groups is 1. The molecule has 1 N–H and O–H groups in total. The summed E-state index contributed by atoms with van der Waals surface area (Å²) in [5, 5.41) is 3.08. The van der Waals surface area contributed by atoms with Gasteiger partial charge in [0.1, 0.15) is 6.04 Å².